The maximum atomic E-state index is 13.6. The van der Waals surface area contributed by atoms with Gasteiger partial charge in [-0.25, -0.2) is 4.39 Å². The summed E-state index contributed by atoms with van der Waals surface area (Å²) in [6.07, 6.45) is -2.10. The molecule has 1 aliphatic heterocycles. The van der Waals surface area contributed by atoms with Crippen molar-refractivity contribution in [2.45, 2.75) is 50.5 Å². The molecule has 21 heavy (non-hydrogen) atoms. The topological polar surface area (TPSA) is 29.5 Å². The molecule has 0 spiro atoms. The number of alkyl halides is 3. The summed E-state index contributed by atoms with van der Waals surface area (Å²) >= 11 is 0. The maximum absolute atomic E-state index is 13.6. The molecule has 6 heteroatoms. The molecule has 0 aromatic heterocycles. The first-order chi connectivity index (χ1) is 9.88. The van der Waals surface area contributed by atoms with Crippen molar-refractivity contribution in [3.05, 3.63) is 35.1 Å². The van der Waals surface area contributed by atoms with Crippen LogP contribution in [0.5, 0.6) is 0 Å². The first-order valence-electron chi connectivity index (χ1n) is 7.04. The molecule has 1 heterocycles. The van der Waals surface area contributed by atoms with Crippen LogP contribution < -0.4 is 0 Å². The third kappa shape index (κ3) is 4.41. The Labute approximate surface area is 120 Å². The minimum absolute atomic E-state index is 0.156. The van der Waals surface area contributed by atoms with Gasteiger partial charge in [0.05, 0.1) is 17.8 Å². The van der Waals surface area contributed by atoms with E-state index in [9.17, 15) is 22.7 Å². The van der Waals surface area contributed by atoms with Crippen LogP contribution in [0, 0.1) is 5.82 Å². The van der Waals surface area contributed by atoms with Crippen LogP contribution in [0.1, 0.15) is 49.3 Å². The molecule has 1 saturated heterocycles. The average molecular weight is 306 g/mol. The SMILES string of the molecule is OC(CCCC1CCCO1)c1cc(C(F)(F)F)ccc1F. The number of rotatable bonds is 5. The molecule has 118 valence electrons. The quantitative estimate of drug-likeness (QED) is 0.825. The molecule has 2 atom stereocenters. The fraction of sp³-hybridized carbons (Fsp3) is 0.600. The fourth-order valence-corrected chi connectivity index (χ4v) is 2.54. The Morgan fingerprint density at radius 3 is 2.71 bits per heavy atom. The third-order valence-corrected chi connectivity index (χ3v) is 3.71. The average Bonchev–Trinajstić information content (AvgIpc) is 2.91. The summed E-state index contributed by atoms with van der Waals surface area (Å²) in [5, 5.41) is 9.92. The Kier molecular flexibility index (Phi) is 5.22. The molecule has 1 N–H and O–H groups in total. The van der Waals surface area contributed by atoms with Crippen LogP contribution in [0.3, 0.4) is 0 Å². The van der Waals surface area contributed by atoms with Crippen molar-refractivity contribution >= 4 is 0 Å². The number of aliphatic hydroxyl groups excluding tert-OH is 1. The van der Waals surface area contributed by atoms with Crippen LogP contribution in [0.2, 0.25) is 0 Å². The molecule has 1 fully saturated rings. The number of aliphatic hydroxyl groups is 1. The molecule has 1 aliphatic rings. The maximum Gasteiger partial charge on any atom is 0.416 e. The molecule has 2 nitrogen and oxygen atoms in total. The minimum Gasteiger partial charge on any atom is -0.388 e. The van der Waals surface area contributed by atoms with E-state index >= 15 is 0 Å². The van der Waals surface area contributed by atoms with Gasteiger partial charge >= 0.3 is 6.18 Å². The minimum atomic E-state index is -4.54. The van der Waals surface area contributed by atoms with Gasteiger partial charge < -0.3 is 9.84 Å². The second-order valence-electron chi connectivity index (χ2n) is 5.32. The van der Waals surface area contributed by atoms with Gasteiger partial charge in [-0.2, -0.15) is 13.2 Å². The number of halogens is 4. The van der Waals surface area contributed by atoms with Crippen LogP contribution in [0.25, 0.3) is 0 Å². The molecular weight excluding hydrogens is 288 g/mol. The standard InChI is InChI=1S/C15H18F4O2/c16-13-7-6-10(15(17,18)19)9-12(13)14(20)5-1-3-11-4-2-8-21-11/h6-7,9,11,14,20H,1-5,8H2. The highest BCUT2D eigenvalue weighted by atomic mass is 19.4. The lowest BCUT2D eigenvalue weighted by molar-refractivity contribution is -0.137. The molecule has 0 bridgehead atoms. The van der Waals surface area contributed by atoms with E-state index in [4.69, 9.17) is 4.74 Å². The predicted octanol–water partition coefficient (Wildman–Crippen LogP) is 4.23. The van der Waals surface area contributed by atoms with Crippen molar-refractivity contribution in [1.82, 2.24) is 0 Å². The Bertz CT molecular complexity index is 467. The van der Waals surface area contributed by atoms with E-state index < -0.39 is 23.7 Å². The summed E-state index contributed by atoms with van der Waals surface area (Å²) < 4.78 is 56.8. The summed E-state index contributed by atoms with van der Waals surface area (Å²) in [5.41, 5.74) is -1.24. The summed E-state index contributed by atoms with van der Waals surface area (Å²) in [4.78, 5) is 0. The molecule has 1 aromatic carbocycles. The molecule has 2 unspecified atom stereocenters. The number of benzene rings is 1. The summed E-state index contributed by atoms with van der Waals surface area (Å²) in [6.45, 7) is 0.732. The zero-order chi connectivity index (χ0) is 15.5. The smallest absolute Gasteiger partial charge is 0.388 e. The van der Waals surface area contributed by atoms with Gasteiger partial charge in [0.25, 0.3) is 0 Å². The van der Waals surface area contributed by atoms with Gasteiger partial charge in [-0.15, -0.1) is 0 Å². The lowest BCUT2D eigenvalue weighted by Gasteiger charge is -2.15. The van der Waals surface area contributed by atoms with E-state index in [0.29, 0.717) is 18.6 Å². The van der Waals surface area contributed by atoms with Gasteiger partial charge in [0, 0.05) is 12.2 Å². The molecule has 0 aliphatic carbocycles. The van der Waals surface area contributed by atoms with E-state index in [0.717, 1.165) is 31.9 Å². The fourth-order valence-electron chi connectivity index (χ4n) is 2.54. The van der Waals surface area contributed by atoms with Crippen LogP contribution in [0.15, 0.2) is 18.2 Å². The van der Waals surface area contributed by atoms with E-state index in [1.165, 1.54) is 0 Å². The second kappa shape index (κ2) is 6.75. The molecule has 2 rings (SSSR count). The van der Waals surface area contributed by atoms with Gasteiger partial charge in [-0.05, 0) is 50.3 Å². The van der Waals surface area contributed by atoms with Crippen molar-refractivity contribution in [3.8, 4) is 0 Å². The second-order valence-corrected chi connectivity index (χ2v) is 5.32. The highest BCUT2D eigenvalue weighted by Crippen LogP contribution is 2.33. The van der Waals surface area contributed by atoms with Crippen molar-refractivity contribution < 1.29 is 27.4 Å². The Morgan fingerprint density at radius 2 is 2.10 bits per heavy atom. The summed E-state index contributed by atoms with van der Waals surface area (Å²) in [7, 11) is 0. The van der Waals surface area contributed by atoms with E-state index in [-0.39, 0.29) is 18.1 Å². The van der Waals surface area contributed by atoms with Crippen molar-refractivity contribution in [3.63, 3.8) is 0 Å². The van der Waals surface area contributed by atoms with Crippen molar-refractivity contribution in [1.29, 1.82) is 0 Å². The van der Waals surface area contributed by atoms with Crippen molar-refractivity contribution in [2.24, 2.45) is 0 Å². The first kappa shape index (κ1) is 16.2. The largest absolute Gasteiger partial charge is 0.416 e. The highest BCUT2D eigenvalue weighted by molar-refractivity contribution is 5.28. The lowest BCUT2D eigenvalue weighted by Crippen LogP contribution is -2.10. The molecule has 0 saturated carbocycles. The zero-order valence-corrected chi connectivity index (χ0v) is 11.5. The normalized spacial score (nSPS) is 20.7. The van der Waals surface area contributed by atoms with Gasteiger partial charge in [-0.1, -0.05) is 0 Å². The van der Waals surface area contributed by atoms with E-state index in [1.54, 1.807) is 0 Å². The summed E-state index contributed by atoms with van der Waals surface area (Å²) in [6, 6.07) is 2.12. The van der Waals surface area contributed by atoms with Crippen LogP contribution >= 0.6 is 0 Å². The number of ether oxygens (including phenoxy) is 1. The van der Waals surface area contributed by atoms with E-state index in [1.807, 2.05) is 0 Å². The van der Waals surface area contributed by atoms with Gasteiger partial charge in [-0.3, -0.25) is 0 Å². The predicted molar refractivity (Wildman–Crippen MR) is 69.2 cm³/mol. The van der Waals surface area contributed by atoms with Gasteiger partial charge in [0.2, 0.25) is 0 Å². The molecule has 0 radical (unpaired) electrons. The molecule has 0 amide bonds. The monoisotopic (exact) mass is 306 g/mol. The Hall–Kier alpha value is -1.14. The van der Waals surface area contributed by atoms with Crippen LogP contribution in [-0.2, 0) is 10.9 Å². The number of hydrogen-bond acceptors (Lipinski definition) is 2. The zero-order valence-electron chi connectivity index (χ0n) is 11.5. The Morgan fingerprint density at radius 1 is 1.33 bits per heavy atom. The summed E-state index contributed by atoms with van der Waals surface area (Å²) in [5.74, 6) is -0.812. The molecule has 1 aromatic rings. The van der Waals surface area contributed by atoms with E-state index in [2.05, 4.69) is 0 Å². The van der Waals surface area contributed by atoms with Crippen LogP contribution in [0.4, 0.5) is 17.6 Å². The number of hydrogen-bond donors (Lipinski definition) is 1. The van der Waals surface area contributed by atoms with Gasteiger partial charge in [0.15, 0.2) is 0 Å². The highest BCUT2D eigenvalue weighted by Gasteiger charge is 2.31. The molecular formula is C15H18F4O2. The first-order valence-corrected chi connectivity index (χ1v) is 7.04. The third-order valence-electron chi connectivity index (χ3n) is 3.71. The van der Waals surface area contributed by atoms with Crippen LogP contribution in [-0.4, -0.2) is 17.8 Å². The van der Waals surface area contributed by atoms with Crippen molar-refractivity contribution in [2.75, 3.05) is 6.61 Å². The van der Waals surface area contributed by atoms with Gasteiger partial charge in [0.1, 0.15) is 5.82 Å². The lowest BCUT2D eigenvalue weighted by atomic mass is 9.99. The Balaban J connectivity index is 1.95.